The summed E-state index contributed by atoms with van der Waals surface area (Å²) in [6.07, 6.45) is -0.132. The van der Waals surface area contributed by atoms with Gasteiger partial charge in [-0.25, -0.2) is 4.79 Å². The van der Waals surface area contributed by atoms with Gasteiger partial charge < -0.3 is 23.8 Å². The summed E-state index contributed by atoms with van der Waals surface area (Å²) in [6, 6.07) is 26.2. The highest BCUT2D eigenvalue weighted by Crippen LogP contribution is 2.40. The summed E-state index contributed by atoms with van der Waals surface area (Å²) in [5.74, 6) is 0.742. The molecule has 0 saturated heterocycles. The molecule has 0 aliphatic carbocycles. The molecule has 0 unspecified atom stereocenters. The van der Waals surface area contributed by atoms with E-state index < -0.39 is 5.97 Å². The topological polar surface area (TPSA) is 57.2 Å². The minimum Gasteiger partial charge on any atom is -0.486 e. The van der Waals surface area contributed by atoms with E-state index in [1.165, 1.54) is 7.11 Å². The van der Waals surface area contributed by atoms with E-state index in [4.69, 9.17) is 14.2 Å². The Labute approximate surface area is 188 Å². The molecule has 166 valence electrons. The number of nitrogens with zero attached hydrogens (tertiary/aromatic N) is 1. The highest BCUT2D eigenvalue weighted by atomic mass is 16.6. The molecule has 0 N–H and O–H groups in total. The van der Waals surface area contributed by atoms with Crippen LogP contribution in [0.25, 0.3) is 0 Å². The lowest BCUT2D eigenvalue weighted by Gasteiger charge is -2.32. The molecule has 0 radical (unpaired) electrons. The number of rotatable bonds is 9. The number of carbonyl (C=O) groups is 1. The van der Waals surface area contributed by atoms with Crippen molar-refractivity contribution in [1.82, 2.24) is 0 Å². The van der Waals surface area contributed by atoms with Crippen LogP contribution in [-0.4, -0.2) is 46.0 Å². The lowest BCUT2D eigenvalue weighted by atomic mass is 10.0. The van der Waals surface area contributed by atoms with Crippen LogP contribution in [0.15, 0.2) is 78.9 Å². The van der Waals surface area contributed by atoms with Crippen LogP contribution in [0.2, 0.25) is 0 Å². The molecule has 0 fully saturated rings. The predicted molar refractivity (Wildman–Crippen MR) is 122 cm³/mol. The first-order valence-corrected chi connectivity index (χ1v) is 10.7. The number of fused-ring (bicyclic) bond motifs is 1. The largest absolute Gasteiger partial charge is 0.486 e. The third-order valence-electron chi connectivity index (χ3n) is 5.33. The summed E-state index contributed by atoms with van der Waals surface area (Å²) >= 11 is 0. The molecular weight excluding hydrogens is 406 g/mol. The van der Waals surface area contributed by atoms with Crippen LogP contribution in [0.4, 0.5) is 5.69 Å². The Balaban J connectivity index is 1.45. The Morgan fingerprint density at radius 3 is 2.31 bits per heavy atom. The Kier molecular flexibility index (Phi) is 7.25. The number of methoxy groups -OCH3 is 1. The van der Waals surface area contributed by atoms with Gasteiger partial charge in [0.25, 0.3) is 0 Å². The minimum atomic E-state index is -0.434. The first-order chi connectivity index (χ1) is 15.8. The van der Waals surface area contributed by atoms with Gasteiger partial charge in [-0.1, -0.05) is 66.7 Å². The smallest absolute Gasteiger partial charge is 0.343 e. The van der Waals surface area contributed by atoms with Gasteiger partial charge in [0.15, 0.2) is 18.1 Å². The average molecular weight is 434 g/mol. The number of ether oxygens (including phenoxy) is 4. The zero-order valence-corrected chi connectivity index (χ0v) is 18.1. The monoisotopic (exact) mass is 433 g/mol. The maximum Gasteiger partial charge on any atom is 0.343 e. The van der Waals surface area contributed by atoms with Crippen molar-refractivity contribution in [2.75, 3.05) is 44.9 Å². The minimum absolute atomic E-state index is 0.132. The van der Waals surface area contributed by atoms with Crippen molar-refractivity contribution in [3.63, 3.8) is 0 Å². The second kappa shape index (κ2) is 10.7. The summed E-state index contributed by atoms with van der Waals surface area (Å²) in [7, 11) is 1.34. The second-order valence-electron chi connectivity index (χ2n) is 7.38. The number of para-hydroxylation sites is 1. The molecule has 3 aromatic carbocycles. The zero-order valence-electron chi connectivity index (χ0n) is 18.1. The van der Waals surface area contributed by atoms with Crippen LogP contribution in [-0.2, 0) is 14.3 Å². The summed E-state index contributed by atoms with van der Waals surface area (Å²) < 4.78 is 22.5. The van der Waals surface area contributed by atoms with Crippen molar-refractivity contribution in [2.45, 2.75) is 6.10 Å². The quantitative estimate of drug-likeness (QED) is 0.471. The zero-order chi connectivity index (χ0) is 22.2. The van der Waals surface area contributed by atoms with E-state index in [9.17, 15) is 4.79 Å². The van der Waals surface area contributed by atoms with E-state index >= 15 is 0 Å². The molecule has 6 nitrogen and oxygen atoms in total. The van der Waals surface area contributed by atoms with Gasteiger partial charge in [0, 0.05) is 6.54 Å². The van der Waals surface area contributed by atoms with Crippen LogP contribution in [0.5, 0.6) is 11.5 Å². The number of benzene rings is 3. The number of hydrogen-bond acceptors (Lipinski definition) is 6. The second-order valence-corrected chi connectivity index (χ2v) is 7.38. The number of carbonyl (C=O) groups excluding carboxylic acids is 1. The van der Waals surface area contributed by atoms with Crippen LogP contribution >= 0.6 is 0 Å². The molecule has 0 atom stereocenters. The van der Waals surface area contributed by atoms with Crippen molar-refractivity contribution >= 4 is 11.7 Å². The lowest BCUT2D eigenvalue weighted by molar-refractivity contribution is -0.142. The van der Waals surface area contributed by atoms with Gasteiger partial charge in [0.1, 0.15) is 12.7 Å². The Morgan fingerprint density at radius 2 is 1.66 bits per heavy atom. The SMILES string of the molecule is COC(=O)COc1cccc2c1OCCN2CCOC(c1ccccc1)c1ccccc1. The van der Waals surface area contributed by atoms with Gasteiger partial charge in [0.2, 0.25) is 0 Å². The van der Waals surface area contributed by atoms with Crippen LogP contribution < -0.4 is 14.4 Å². The van der Waals surface area contributed by atoms with E-state index in [1.54, 1.807) is 6.07 Å². The maximum absolute atomic E-state index is 11.4. The fourth-order valence-corrected chi connectivity index (χ4v) is 3.74. The predicted octanol–water partition coefficient (Wildman–Crippen LogP) is 4.24. The Hall–Kier alpha value is -3.51. The highest BCUT2D eigenvalue weighted by molar-refractivity contribution is 5.72. The molecule has 1 aliphatic heterocycles. The molecule has 0 saturated carbocycles. The first kappa shape index (κ1) is 21.7. The molecule has 0 bridgehead atoms. The third kappa shape index (κ3) is 5.21. The molecule has 4 rings (SSSR count). The molecular formula is C26H27NO5. The lowest BCUT2D eigenvalue weighted by Crippen LogP contribution is -2.35. The average Bonchev–Trinajstić information content (AvgIpc) is 2.86. The highest BCUT2D eigenvalue weighted by Gasteiger charge is 2.23. The molecule has 1 aliphatic rings. The normalized spacial score (nSPS) is 12.8. The van der Waals surface area contributed by atoms with Gasteiger partial charge in [-0.2, -0.15) is 0 Å². The van der Waals surface area contributed by atoms with Crippen LogP contribution in [0.3, 0.4) is 0 Å². The van der Waals surface area contributed by atoms with Gasteiger partial charge >= 0.3 is 5.97 Å². The third-order valence-corrected chi connectivity index (χ3v) is 5.33. The fraction of sp³-hybridized carbons (Fsp3) is 0.269. The number of anilines is 1. The molecule has 3 aromatic rings. The number of esters is 1. The summed E-state index contributed by atoms with van der Waals surface area (Å²) in [5, 5.41) is 0. The van der Waals surface area contributed by atoms with Crippen molar-refractivity contribution in [3.05, 3.63) is 90.0 Å². The van der Waals surface area contributed by atoms with Crippen LogP contribution in [0, 0.1) is 0 Å². The molecule has 1 heterocycles. The Bertz CT molecular complexity index is 970. The molecule has 0 amide bonds. The van der Waals surface area contributed by atoms with E-state index in [0.29, 0.717) is 31.3 Å². The van der Waals surface area contributed by atoms with E-state index in [-0.39, 0.29) is 12.7 Å². The first-order valence-electron chi connectivity index (χ1n) is 10.7. The summed E-state index contributed by atoms with van der Waals surface area (Å²) in [5.41, 5.74) is 3.18. The standard InChI is InChI=1S/C26H27NO5/c1-29-24(28)19-32-23-14-8-13-22-26(23)31-18-16-27(22)15-17-30-25(20-9-4-2-5-10-20)21-11-6-3-7-12-21/h2-14,25H,15-19H2,1H3. The Morgan fingerprint density at radius 1 is 0.969 bits per heavy atom. The van der Waals surface area contributed by atoms with Gasteiger partial charge in [-0.15, -0.1) is 0 Å². The fourth-order valence-electron chi connectivity index (χ4n) is 3.74. The van der Waals surface area contributed by atoms with Gasteiger partial charge in [-0.05, 0) is 23.3 Å². The van der Waals surface area contributed by atoms with Crippen molar-refractivity contribution in [2.24, 2.45) is 0 Å². The maximum atomic E-state index is 11.4. The molecule has 6 heteroatoms. The van der Waals surface area contributed by atoms with Crippen molar-refractivity contribution < 1.29 is 23.7 Å². The van der Waals surface area contributed by atoms with Gasteiger partial charge in [0.05, 0.1) is 25.9 Å². The summed E-state index contributed by atoms with van der Waals surface area (Å²) in [4.78, 5) is 13.7. The summed E-state index contributed by atoms with van der Waals surface area (Å²) in [6.45, 7) is 2.37. The molecule has 32 heavy (non-hydrogen) atoms. The van der Waals surface area contributed by atoms with Crippen molar-refractivity contribution in [1.29, 1.82) is 0 Å². The number of hydrogen-bond donors (Lipinski definition) is 0. The molecule has 0 aromatic heterocycles. The van der Waals surface area contributed by atoms with E-state index in [0.717, 1.165) is 23.4 Å². The van der Waals surface area contributed by atoms with Gasteiger partial charge in [-0.3, -0.25) is 0 Å². The van der Waals surface area contributed by atoms with Crippen LogP contribution in [0.1, 0.15) is 17.2 Å². The van der Waals surface area contributed by atoms with E-state index in [1.807, 2.05) is 48.5 Å². The van der Waals surface area contributed by atoms with Crippen molar-refractivity contribution in [3.8, 4) is 11.5 Å². The van der Waals surface area contributed by atoms with E-state index in [2.05, 4.69) is 33.9 Å². The molecule has 0 spiro atoms.